The molecule has 0 amide bonds. The number of aliphatic hydroxyl groups excluding tert-OH is 1. The first-order valence-electron chi connectivity index (χ1n) is 8.49. The molecule has 0 saturated heterocycles. The van der Waals surface area contributed by atoms with Crippen LogP contribution in [0.15, 0.2) is 35.3 Å². The van der Waals surface area contributed by atoms with E-state index in [4.69, 9.17) is 4.74 Å². The van der Waals surface area contributed by atoms with E-state index in [0.29, 0.717) is 22.9 Å². The molecular weight excluding hydrogens is 260 g/mol. The Morgan fingerprint density at radius 3 is 2.90 bits per heavy atom. The van der Waals surface area contributed by atoms with E-state index in [1.807, 2.05) is 0 Å². The summed E-state index contributed by atoms with van der Waals surface area (Å²) >= 11 is 0. The van der Waals surface area contributed by atoms with Crippen LogP contribution in [0.1, 0.15) is 45.4 Å². The summed E-state index contributed by atoms with van der Waals surface area (Å²) in [6.07, 6.45) is 14.7. The molecule has 2 fully saturated rings. The number of rotatable bonds is 1. The Morgan fingerprint density at radius 2 is 2.10 bits per heavy atom. The SMILES string of the molecule is COC1=CC2=CC[C@@H]3[C@H](CC[C@]4(C)CCC[C@@H]34)[C@H]2C=C1O. The molecule has 0 radical (unpaired) electrons. The van der Waals surface area contributed by atoms with Gasteiger partial charge in [-0.3, -0.25) is 0 Å². The van der Waals surface area contributed by atoms with Crippen molar-refractivity contribution in [1.82, 2.24) is 0 Å². The standard InChI is InChI=1S/C19H26O2/c1-19-8-3-4-16(19)14-6-5-12-10-18(21-2)17(20)11-15(12)13(14)7-9-19/h5,10-11,13-16,20H,3-4,6-9H2,1-2H3/t13-,14+,15-,16-,19-/m0/s1. The summed E-state index contributed by atoms with van der Waals surface area (Å²) in [5, 5.41) is 10.2. The molecule has 5 atom stereocenters. The molecule has 0 spiro atoms. The fraction of sp³-hybridized carbons (Fsp3) is 0.684. The van der Waals surface area contributed by atoms with Crippen molar-refractivity contribution in [2.45, 2.75) is 45.4 Å². The summed E-state index contributed by atoms with van der Waals surface area (Å²) in [7, 11) is 1.63. The highest BCUT2D eigenvalue weighted by molar-refractivity contribution is 5.41. The second-order valence-corrected chi connectivity index (χ2v) is 7.75. The van der Waals surface area contributed by atoms with Crippen LogP contribution >= 0.6 is 0 Å². The van der Waals surface area contributed by atoms with Crippen molar-refractivity contribution >= 4 is 0 Å². The van der Waals surface area contributed by atoms with Crippen LogP contribution in [0.2, 0.25) is 0 Å². The summed E-state index contributed by atoms with van der Waals surface area (Å²) in [4.78, 5) is 0. The highest BCUT2D eigenvalue weighted by Crippen LogP contribution is 2.60. The molecule has 0 aromatic rings. The predicted molar refractivity (Wildman–Crippen MR) is 83.7 cm³/mol. The minimum atomic E-state index is 0.333. The third kappa shape index (κ3) is 1.91. The molecule has 4 rings (SSSR count). The zero-order valence-electron chi connectivity index (χ0n) is 13.1. The minimum Gasteiger partial charge on any atom is -0.504 e. The Labute approximate surface area is 127 Å². The first-order chi connectivity index (χ1) is 10.1. The van der Waals surface area contributed by atoms with Crippen molar-refractivity contribution in [3.63, 3.8) is 0 Å². The van der Waals surface area contributed by atoms with Crippen LogP contribution in [0.3, 0.4) is 0 Å². The van der Waals surface area contributed by atoms with E-state index in [1.54, 1.807) is 7.11 Å². The molecule has 2 saturated carbocycles. The van der Waals surface area contributed by atoms with Crippen molar-refractivity contribution in [2.24, 2.45) is 29.1 Å². The maximum atomic E-state index is 10.2. The number of hydrogen-bond donors (Lipinski definition) is 1. The van der Waals surface area contributed by atoms with Gasteiger partial charge in [0.25, 0.3) is 0 Å². The summed E-state index contributed by atoms with van der Waals surface area (Å²) in [6.45, 7) is 2.53. The van der Waals surface area contributed by atoms with Crippen molar-refractivity contribution in [1.29, 1.82) is 0 Å². The lowest BCUT2D eigenvalue weighted by Gasteiger charge is -2.50. The fourth-order valence-electron chi connectivity index (χ4n) is 5.77. The molecule has 1 N–H and O–H groups in total. The second kappa shape index (κ2) is 4.66. The lowest BCUT2D eigenvalue weighted by atomic mass is 9.54. The number of hydrogen-bond acceptors (Lipinski definition) is 2. The van der Waals surface area contributed by atoms with Crippen LogP contribution in [0, 0.1) is 29.1 Å². The van der Waals surface area contributed by atoms with Crippen molar-refractivity contribution in [2.75, 3.05) is 7.11 Å². The highest BCUT2D eigenvalue weighted by atomic mass is 16.5. The average molecular weight is 286 g/mol. The average Bonchev–Trinajstić information content (AvgIpc) is 2.88. The van der Waals surface area contributed by atoms with E-state index < -0.39 is 0 Å². The van der Waals surface area contributed by atoms with E-state index in [0.717, 1.165) is 17.8 Å². The van der Waals surface area contributed by atoms with E-state index in [2.05, 4.69) is 25.2 Å². The normalized spacial score (nSPS) is 44.8. The van der Waals surface area contributed by atoms with Gasteiger partial charge in [0, 0.05) is 5.92 Å². The minimum absolute atomic E-state index is 0.333. The molecule has 0 aromatic heterocycles. The van der Waals surface area contributed by atoms with Gasteiger partial charge in [-0.15, -0.1) is 0 Å². The lowest BCUT2D eigenvalue weighted by Crippen LogP contribution is -2.43. The summed E-state index contributed by atoms with van der Waals surface area (Å²) < 4.78 is 5.28. The third-order valence-electron chi connectivity index (χ3n) is 6.85. The van der Waals surface area contributed by atoms with Gasteiger partial charge in [0.2, 0.25) is 0 Å². The Bertz CT molecular complexity index is 542. The first kappa shape index (κ1) is 13.5. The molecule has 0 heterocycles. The molecule has 4 aliphatic rings. The topological polar surface area (TPSA) is 29.5 Å². The van der Waals surface area contributed by atoms with Crippen LogP contribution in [0.25, 0.3) is 0 Å². The number of aliphatic hydroxyl groups is 1. The van der Waals surface area contributed by atoms with Gasteiger partial charge < -0.3 is 9.84 Å². The van der Waals surface area contributed by atoms with Crippen LogP contribution < -0.4 is 0 Å². The quantitative estimate of drug-likeness (QED) is 0.753. The van der Waals surface area contributed by atoms with E-state index >= 15 is 0 Å². The van der Waals surface area contributed by atoms with Crippen molar-refractivity contribution < 1.29 is 9.84 Å². The Balaban J connectivity index is 1.68. The fourth-order valence-corrected chi connectivity index (χ4v) is 5.77. The first-order valence-corrected chi connectivity index (χ1v) is 8.49. The van der Waals surface area contributed by atoms with Crippen LogP contribution in [0.4, 0.5) is 0 Å². The molecule has 0 aromatic carbocycles. The lowest BCUT2D eigenvalue weighted by molar-refractivity contribution is 0.0237. The summed E-state index contributed by atoms with van der Waals surface area (Å²) in [6, 6.07) is 0. The number of methoxy groups -OCH3 is 1. The third-order valence-corrected chi connectivity index (χ3v) is 6.85. The maximum absolute atomic E-state index is 10.2. The van der Waals surface area contributed by atoms with E-state index in [9.17, 15) is 5.11 Å². The Hall–Kier alpha value is -1.18. The molecule has 2 heteroatoms. The van der Waals surface area contributed by atoms with Crippen LogP contribution in [-0.2, 0) is 4.74 Å². The highest BCUT2D eigenvalue weighted by Gasteiger charge is 2.51. The van der Waals surface area contributed by atoms with Gasteiger partial charge in [-0.1, -0.05) is 19.4 Å². The monoisotopic (exact) mass is 286 g/mol. The van der Waals surface area contributed by atoms with Crippen molar-refractivity contribution in [3.8, 4) is 0 Å². The van der Waals surface area contributed by atoms with Crippen LogP contribution in [-0.4, -0.2) is 12.2 Å². The predicted octanol–water partition coefficient (Wildman–Crippen LogP) is 4.75. The Morgan fingerprint density at radius 1 is 1.24 bits per heavy atom. The molecule has 114 valence electrons. The van der Waals surface area contributed by atoms with Gasteiger partial charge in [0.05, 0.1) is 7.11 Å². The molecule has 2 nitrogen and oxygen atoms in total. The second-order valence-electron chi connectivity index (χ2n) is 7.75. The van der Waals surface area contributed by atoms with Gasteiger partial charge in [-0.25, -0.2) is 0 Å². The number of fused-ring (bicyclic) bond motifs is 5. The number of allylic oxidation sites excluding steroid dienone is 4. The van der Waals surface area contributed by atoms with E-state index in [1.165, 1.54) is 44.1 Å². The number of ether oxygens (including phenoxy) is 1. The zero-order valence-corrected chi connectivity index (χ0v) is 13.1. The van der Waals surface area contributed by atoms with Gasteiger partial charge >= 0.3 is 0 Å². The Kier molecular flexibility index (Phi) is 2.99. The molecule has 21 heavy (non-hydrogen) atoms. The molecule has 0 aliphatic heterocycles. The van der Waals surface area contributed by atoms with Gasteiger partial charge in [-0.05, 0) is 73.0 Å². The van der Waals surface area contributed by atoms with Gasteiger partial charge in [0.15, 0.2) is 11.5 Å². The summed E-state index contributed by atoms with van der Waals surface area (Å²) in [5.74, 6) is 3.81. The molecule has 0 unspecified atom stereocenters. The van der Waals surface area contributed by atoms with Crippen molar-refractivity contribution in [3.05, 3.63) is 35.3 Å². The van der Waals surface area contributed by atoms with Gasteiger partial charge in [-0.2, -0.15) is 0 Å². The van der Waals surface area contributed by atoms with Gasteiger partial charge in [0.1, 0.15) is 0 Å². The molecular formula is C19H26O2. The smallest absolute Gasteiger partial charge is 0.160 e. The largest absolute Gasteiger partial charge is 0.504 e. The van der Waals surface area contributed by atoms with Crippen LogP contribution in [0.5, 0.6) is 0 Å². The molecule has 0 bridgehead atoms. The summed E-state index contributed by atoms with van der Waals surface area (Å²) in [5.41, 5.74) is 1.97. The van der Waals surface area contributed by atoms with E-state index in [-0.39, 0.29) is 0 Å². The zero-order chi connectivity index (χ0) is 14.6. The molecule has 4 aliphatic carbocycles. The maximum Gasteiger partial charge on any atom is 0.160 e.